The summed E-state index contributed by atoms with van der Waals surface area (Å²) in [5.41, 5.74) is 1.37. The van der Waals surface area contributed by atoms with Crippen LogP contribution in [0.1, 0.15) is 47.1 Å². The summed E-state index contributed by atoms with van der Waals surface area (Å²) in [6.45, 7) is 11.8. The molecule has 0 radical (unpaired) electrons. The van der Waals surface area contributed by atoms with Crippen molar-refractivity contribution in [2.75, 3.05) is 0 Å². The van der Waals surface area contributed by atoms with Gasteiger partial charge in [-0.3, -0.25) is 9.44 Å². The fourth-order valence-corrected chi connectivity index (χ4v) is 3.95. The van der Waals surface area contributed by atoms with E-state index in [0.717, 1.165) is 11.0 Å². The highest BCUT2D eigenvalue weighted by Gasteiger charge is 2.52. The van der Waals surface area contributed by atoms with E-state index in [1.807, 2.05) is 59.7 Å². The molecule has 1 saturated heterocycles. The van der Waals surface area contributed by atoms with Crippen LogP contribution in [0.4, 0.5) is 11.5 Å². The molecule has 2 aliphatic heterocycles. The molecule has 7 nitrogen and oxygen atoms in total. The maximum atomic E-state index is 14.3. The number of hydrogen-bond donors (Lipinski definition) is 1. The van der Waals surface area contributed by atoms with E-state index in [2.05, 4.69) is 10.3 Å². The van der Waals surface area contributed by atoms with Gasteiger partial charge >= 0.3 is 7.12 Å². The molecule has 1 unspecified atom stereocenters. The number of rotatable bonds is 4. The molecule has 1 aromatic heterocycles. The summed E-state index contributed by atoms with van der Waals surface area (Å²) in [6, 6.07) is 10.8. The van der Waals surface area contributed by atoms with Crippen LogP contribution >= 0.6 is 0 Å². The van der Waals surface area contributed by atoms with Crippen LogP contribution in [0.25, 0.3) is 0 Å². The maximum absolute atomic E-state index is 14.3. The highest BCUT2D eigenvalue weighted by molar-refractivity contribution is 6.62. The SMILES string of the molecule is CC(C)NC(=O)C1=C[N+]([O-])(c2cccc(B3OC(C)(C)C(C)(C)O3)c2)c2ncccc2C1. The summed E-state index contributed by atoms with van der Waals surface area (Å²) in [5, 5.41) is 17.2. The van der Waals surface area contributed by atoms with E-state index in [4.69, 9.17) is 9.31 Å². The van der Waals surface area contributed by atoms with E-state index in [1.165, 1.54) is 6.20 Å². The van der Waals surface area contributed by atoms with Gasteiger partial charge in [0, 0.05) is 36.4 Å². The van der Waals surface area contributed by atoms with Gasteiger partial charge in [0.05, 0.1) is 16.8 Å². The first kappa shape index (κ1) is 22.7. The van der Waals surface area contributed by atoms with Crippen LogP contribution in [0.2, 0.25) is 0 Å². The zero-order valence-corrected chi connectivity index (χ0v) is 19.5. The lowest BCUT2D eigenvalue weighted by Gasteiger charge is -2.40. The predicted molar refractivity (Wildman–Crippen MR) is 126 cm³/mol. The number of pyridine rings is 1. The van der Waals surface area contributed by atoms with E-state index >= 15 is 0 Å². The molecule has 32 heavy (non-hydrogen) atoms. The van der Waals surface area contributed by atoms with Crippen LogP contribution in [0.15, 0.2) is 54.4 Å². The van der Waals surface area contributed by atoms with E-state index in [1.54, 1.807) is 24.4 Å². The zero-order valence-electron chi connectivity index (χ0n) is 19.5. The van der Waals surface area contributed by atoms with Gasteiger partial charge in [-0.25, -0.2) is 4.98 Å². The van der Waals surface area contributed by atoms with Crippen LogP contribution < -0.4 is 15.4 Å². The number of quaternary nitrogens is 1. The van der Waals surface area contributed by atoms with Crippen molar-refractivity contribution in [3.05, 3.63) is 65.1 Å². The molecule has 1 amide bonds. The maximum Gasteiger partial charge on any atom is 0.495 e. The molecule has 0 saturated carbocycles. The fourth-order valence-electron chi connectivity index (χ4n) is 3.95. The number of nitrogens with zero attached hydrogens (tertiary/aromatic N) is 2. The fraction of sp³-hybridized carbons (Fsp3) is 0.417. The molecule has 2 aliphatic rings. The molecule has 0 spiro atoms. The van der Waals surface area contributed by atoms with Crippen molar-refractivity contribution in [1.82, 2.24) is 14.9 Å². The van der Waals surface area contributed by atoms with Gasteiger partial charge in [0.1, 0.15) is 11.9 Å². The lowest BCUT2D eigenvalue weighted by Crippen LogP contribution is -2.41. The predicted octanol–water partition coefficient (Wildman–Crippen LogP) is 3.48. The Morgan fingerprint density at radius 2 is 1.84 bits per heavy atom. The number of carbonyl (C=O) groups excluding carboxylic acids is 1. The van der Waals surface area contributed by atoms with Gasteiger partial charge < -0.3 is 19.8 Å². The Labute approximate surface area is 189 Å². The Morgan fingerprint density at radius 3 is 2.50 bits per heavy atom. The van der Waals surface area contributed by atoms with Gasteiger partial charge in [0.15, 0.2) is 0 Å². The minimum atomic E-state index is -0.954. The molecule has 3 heterocycles. The zero-order chi connectivity index (χ0) is 23.3. The molecular formula is C24H30BN3O4. The summed E-state index contributed by atoms with van der Waals surface area (Å²) >= 11 is 0. The smallest absolute Gasteiger partial charge is 0.495 e. The van der Waals surface area contributed by atoms with Crippen molar-refractivity contribution in [1.29, 1.82) is 0 Å². The lowest BCUT2D eigenvalue weighted by molar-refractivity contribution is -0.118. The molecule has 0 aliphatic carbocycles. The Morgan fingerprint density at radius 1 is 1.16 bits per heavy atom. The first-order valence-electron chi connectivity index (χ1n) is 11.0. The number of hydroxylamine groups is 1. The molecule has 1 aromatic carbocycles. The number of benzene rings is 1. The molecule has 168 valence electrons. The van der Waals surface area contributed by atoms with Gasteiger partial charge in [0.25, 0.3) is 5.91 Å². The average Bonchev–Trinajstić information content (AvgIpc) is 2.95. The Balaban J connectivity index is 1.77. The van der Waals surface area contributed by atoms with Crippen LogP contribution in [0.3, 0.4) is 0 Å². The van der Waals surface area contributed by atoms with Gasteiger partial charge in [0.2, 0.25) is 5.82 Å². The number of aromatic nitrogens is 1. The van der Waals surface area contributed by atoms with Crippen molar-refractivity contribution in [3.63, 3.8) is 0 Å². The number of amides is 1. The normalized spacial score (nSPS) is 23.6. The Bertz CT molecular complexity index is 1070. The summed E-state index contributed by atoms with van der Waals surface area (Å²) in [5.74, 6) is 0.120. The molecular weight excluding hydrogens is 405 g/mol. The summed E-state index contributed by atoms with van der Waals surface area (Å²) < 4.78 is 11.4. The molecule has 2 aromatic rings. The Hall–Kier alpha value is -2.52. The second-order valence-electron chi connectivity index (χ2n) is 9.79. The highest BCUT2D eigenvalue weighted by atomic mass is 16.7. The average molecular weight is 435 g/mol. The van der Waals surface area contributed by atoms with E-state index in [9.17, 15) is 10.0 Å². The van der Waals surface area contributed by atoms with Crippen molar-refractivity contribution < 1.29 is 14.1 Å². The van der Waals surface area contributed by atoms with Gasteiger partial charge in [-0.2, -0.15) is 0 Å². The van der Waals surface area contributed by atoms with Crippen LogP contribution in [0.5, 0.6) is 0 Å². The van der Waals surface area contributed by atoms with Crippen LogP contribution in [-0.4, -0.2) is 35.3 Å². The minimum Gasteiger partial charge on any atom is -0.616 e. The molecule has 8 heteroatoms. The summed E-state index contributed by atoms with van der Waals surface area (Å²) in [4.78, 5) is 17.2. The first-order chi connectivity index (χ1) is 14.9. The second-order valence-corrected chi connectivity index (χ2v) is 9.79. The molecule has 1 fully saturated rings. The van der Waals surface area contributed by atoms with Crippen molar-refractivity contribution in [2.45, 2.75) is 65.2 Å². The third-order valence-electron chi connectivity index (χ3n) is 6.39. The number of nitrogens with one attached hydrogen (secondary N) is 1. The quantitative estimate of drug-likeness (QED) is 0.452. The Kier molecular flexibility index (Phi) is 5.53. The number of carbonyl (C=O) groups is 1. The van der Waals surface area contributed by atoms with Crippen molar-refractivity contribution in [2.24, 2.45) is 0 Å². The van der Waals surface area contributed by atoms with E-state index < -0.39 is 23.0 Å². The van der Waals surface area contributed by atoms with Crippen molar-refractivity contribution in [3.8, 4) is 0 Å². The largest absolute Gasteiger partial charge is 0.616 e. The van der Waals surface area contributed by atoms with Crippen LogP contribution in [0, 0.1) is 5.21 Å². The summed E-state index contributed by atoms with van der Waals surface area (Å²) in [6.07, 6.45) is 3.42. The minimum absolute atomic E-state index is 0.0288. The monoisotopic (exact) mass is 435 g/mol. The van der Waals surface area contributed by atoms with Gasteiger partial charge in [-0.05, 0) is 59.1 Å². The van der Waals surface area contributed by atoms with E-state index in [0.29, 0.717) is 23.5 Å². The standard InChI is InChI=1S/C24H30BN3O4/c1-16(2)27-22(29)18-13-17-9-8-12-26-21(17)28(30,15-18)20-11-7-10-19(14-20)25-31-23(3,4)24(5,6)32-25/h7-12,14-16H,13H2,1-6H3,(H,27,29). The van der Waals surface area contributed by atoms with Crippen LogP contribution in [-0.2, 0) is 20.5 Å². The molecule has 0 bridgehead atoms. The molecule has 1 atom stereocenters. The van der Waals surface area contributed by atoms with Gasteiger partial charge in [-0.15, -0.1) is 0 Å². The third-order valence-corrected chi connectivity index (χ3v) is 6.39. The first-order valence-corrected chi connectivity index (χ1v) is 11.0. The molecule has 1 N–H and O–H groups in total. The van der Waals surface area contributed by atoms with Gasteiger partial charge in [-0.1, -0.05) is 12.1 Å². The van der Waals surface area contributed by atoms with Crippen molar-refractivity contribution >= 4 is 30.0 Å². The summed E-state index contributed by atoms with van der Waals surface area (Å²) in [7, 11) is -0.591. The van der Waals surface area contributed by atoms with E-state index in [-0.39, 0.29) is 11.9 Å². The highest BCUT2D eigenvalue weighted by Crippen LogP contribution is 2.41. The number of hydrogen-bond acceptors (Lipinski definition) is 5. The second kappa shape index (κ2) is 7.81. The number of fused-ring (bicyclic) bond motifs is 1. The topological polar surface area (TPSA) is 83.5 Å². The third kappa shape index (κ3) is 3.88. The lowest BCUT2D eigenvalue weighted by atomic mass is 9.79. The molecule has 4 rings (SSSR count).